The van der Waals surface area contributed by atoms with Gasteiger partial charge in [-0.2, -0.15) is 0 Å². The summed E-state index contributed by atoms with van der Waals surface area (Å²) in [5.74, 6) is -0.574. The number of rotatable bonds is 37. The smallest absolute Gasteiger partial charge is 0.393 e. The predicted molar refractivity (Wildman–Crippen MR) is 229 cm³/mol. The molecule has 0 aliphatic heterocycles. The van der Waals surface area contributed by atoms with Gasteiger partial charge in [0.25, 0.3) is 0 Å². The Bertz CT molecular complexity index is 1100. The van der Waals surface area contributed by atoms with Gasteiger partial charge in [-0.15, -0.1) is 0 Å². The molecular weight excluding hydrogens is 765 g/mol. The van der Waals surface area contributed by atoms with Crippen LogP contribution in [-0.2, 0) is 18.4 Å². The van der Waals surface area contributed by atoms with Crippen LogP contribution in [0, 0.1) is 0 Å². The van der Waals surface area contributed by atoms with Gasteiger partial charge in [-0.1, -0.05) is 160 Å². The lowest BCUT2D eigenvalue weighted by atomic mass is 9.85. The Labute approximate surface area is 350 Å². The molecule has 8 unspecified atom stereocenters. The van der Waals surface area contributed by atoms with Crippen LogP contribution in [0.1, 0.15) is 187 Å². The van der Waals surface area contributed by atoms with Crippen LogP contribution in [0.5, 0.6) is 0 Å². The minimum absolute atomic E-state index is 0.227. The molecule has 1 amide bonds. The molecule has 0 aromatic carbocycles. The van der Waals surface area contributed by atoms with Gasteiger partial charge < -0.3 is 46.0 Å². The van der Waals surface area contributed by atoms with Gasteiger partial charge in [0.2, 0.25) is 5.91 Å². The lowest BCUT2D eigenvalue weighted by Gasteiger charge is -2.41. The molecule has 1 fully saturated rings. The molecule has 8 atom stereocenters. The average molecular weight is 850 g/mol. The van der Waals surface area contributed by atoms with Gasteiger partial charge in [0.1, 0.15) is 36.6 Å². The largest absolute Gasteiger partial charge is 0.472 e. The number of hydrogen-bond donors (Lipinski definition) is 9. The SMILES string of the molecule is CCCCCCCCCCC/C=C\C/C=C\CCCCCCCCCCCC(O)CC(=O)NC(COP(=O)(O)OC1C(O)C(O)C(O)C(O)C1O)C(O)CCCCC. The number of carbonyl (C=O) groups excluding carboxylic acids is 1. The molecule has 342 valence electrons. The van der Waals surface area contributed by atoms with Crippen molar-refractivity contribution in [3.63, 3.8) is 0 Å². The average Bonchev–Trinajstić information content (AvgIpc) is 3.19. The summed E-state index contributed by atoms with van der Waals surface area (Å²) < 4.78 is 22.6. The first-order valence-electron chi connectivity index (χ1n) is 22.9. The van der Waals surface area contributed by atoms with Crippen molar-refractivity contribution in [2.75, 3.05) is 6.61 Å². The lowest BCUT2D eigenvalue weighted by molar-refractivity contribution is -0.220. The van der Waals surface area contributed by atoms with Gasteiger partial charge in [-0.05, 0) is 44.9 Å². The van der Waals surface area contributed by atoms with Crippen molar-refractivity contribution in [2.24, 2.45) is 0 Å². The van der Waals surface area contributed by atoms with E-state index in [1.165, 1.54) is 96.3 Å². The quantitative estimate of drug-likeness (QED) is 0.0172. The molecule has 58 heavy (non-hydrogen) atoms. The highest BCUT2D eigenvalue weighted by molar-refractivity contribution is 7.47. The number of phosphoric ester groups is 1. The Morgan fingerprint density at radius 3 is 1.52 bits per heavy atom. The third-order valence-electron chi connectivity index (χ3n) is 11.1. The Kier molecular flexibility index (Phi) is 32.5. The Morgan fingerprint density at radius 1 is 0.603 bits per heavy atom. The highest BCUT2D eigenvalue weighted by atomic mass is 31.2. The fourth-order valence-corrected chi connectivity index (χ4v) is 8.24. The molecular formula is C44H84NO12P. The number of aliphatic hydroxyl groups is 7. The molecule has 0 spiro atoms. The second-order valence-electron chi connectivity index (χ2n) is 16.4. The van der Waals surface area contributed by atoms with Crippen molar-refractivity contribution in [3.05, 3.63) is 24.3 Å². The maximum Gasteiger partial charge on any atom is 0.472 e. The molecule has 0 heterocycles. The summed E-state index contributed by atoms with van der Waals surface area (Å²) >= 11 is 0. The molecule has 1 rings (SSSR count). The van der Waals surface area contributed by atoms with E-state index in [2.05, 4.69) is 36.5 Å². The Hall–Kier alpha value is -1.22. The maximum absolute atomic E-state index is 12.8. The molecule has 13 nitrogen and oxygen atoms in total. The van der Waals surface area contributed by atoms with Crippen LogP contribution in [0.15, 0.2) is 24.3 Å². The standard InChI is InChI=1S/C44H84NO12P/c1-3-5-7-8-9-10-11-12-13-14-15-16-17-18-19-20-21-22-23-24-25-26-27-28-30-31-35(46)33-38(48)45-36(37(47)32-29-6-4-2)34-56-58(54,55)57-44-42(52)40(50)39(49)41(51)43(44)53/h15-16,18-19,35-37,39-44,46-47,49-53H,3-14,17,20-34H2,1-2H3,(H,45,48)(H,54,55)/b16-15-,19-18-. The minimum Gasteiger partial charge on any atom is -0.393 e. The highest BCUT2D eigenvalue weighted by Crippen LogP contribution is 2.47. The van der Waals surface area contributed by atoms with Crippen LogP contribution >= 0.6 is 7.82 Å². The van der Waals surface area contributed by atoms with Gasteiger partial charge in [0.05, 0.1) is 31.3 Å². The zero-order chi connectivity index (χ0) is 43.0. The predicted octanol–water partition coefficient (Wildman–Crippen LogP) is 7.20. The zero-order valence-electron chi connectivity index (χ0n) is 36.0. The summed E-state index contributed by atoms with van der Waals surface area (Å²) in [7, 11) is -5.09. The summed E-state index contributed by atoms with van der Waals surface area (Å²) in [6.07, 6.45) is 23.8. The molecule has 1 aliphatic rings. The monoisotopic (exact) mass is 850 g/mol. The van der Waals surface area contributed by atoms with Gasteiger partial charge in [0.15, 0.2) is 0 Å². The first-order valence-corrected chi connectivity index (χ1v) is 24.4. The second-order valence-corrected chi connectivity index (χ2v) is 17.8. The summed E-state index contributed by atoms with van der Waals surface area (Å²) in [6, 6.07) is -1.15. The summed E-state index contributed by atoms with van der Waals surface area (Å²) in [5, 5.41) is 73.7. The summed E-state index contributed by atoms with van der Waals surface area (Å²) in [5.41, 5.74) is 0. The van der Waals surface area contributed by atoms with Gasteiger partial charge >= 0.3 is 7.82 Å². The minimum atomic E-state index is -5.09. The van der Waals surface area contributed by atoms with Crippen molar-refractivity contribution in [3.8, 4) is 0 Å². The van der Waals surface area contributed by atoms with E-state index >= 15 is 0 Å². The van der Waals surface area contributed by atoms with Gasteiger partial charge in [-0.3, -0.25) is 13.8 Å². The molecule has 0 aromatic heterocycles. The zero-order valence-corrected chi connectivity index (χ0v) is 36.9. The topological polar surface area (TPSA) is 226 Å². The van der Waals surface area contributed by atoms with E-state index in [1.807, 2.05) is 6.92 Å². The number of hydrogen-bond acceptors (Lipinski definition) is 11. The first-order chi connectivity index (χ1) is 27.8. The van der Waals surface area contributed by atoms with E-state index in [1.54, 1.807) is 0 Å². The molecule has 0 radical (unpaired) electrons. The third-order valence-corrected chi connectivity index (χ3v) is 12.1. The van der Waals surface area contributed by atoms with Gasteiger partial charge in [0, 0.05) is 0 Å². The Balaban J connectivity index is 2.21. The van der Waals surface area contributed by atoms with E-state index in [4.69, 9.17) is 9.05 Å². The second kappa shape index (κ2) is 34.4. The molecule has 0 saturated heterocycles. The van der Waals surface area contributed by atoms with Crippen molar-refractivity contribution < 1.29 is 59.0 Å². The number of unbranched alkanes of at least 4 members (excludes halogenated alkanes) is 20. The van der Waals surface area contributed by atoms with Crippen LogP contribution in [0.4, 0.5) is 0 Å². The normalized spacial score (nSPS) is 24.0. The van der Waals surface area contributed by atoms with Crippen LogP contribution in [0.25, 0.3) is 0 Å². The number of carbonyl (C=O) groups is 1. The van der Waals surface area contributed by atoms with E-state index in [0.717, 1.165) is 51.4 Å². The Morgan fingerprint density at radius 2 is 1.02 bits per heavy atom. The highest BCUT2D eigenvalue weighted by Gasteiger charge is 2.51. The van der Waals surface area contributed by atoms with E-state index < -0.39 is 75.2 Å². The summed E-state index contributed by atoms with van der Waals surface area (Å²) in [4.78, 5) is 23.1. The molecule has 14 heteroatoms. The van der Waals surface area contributed by atoms with Crippen LogP contribution in [0.3, 0.4) is 0 Å². The fourth-order valence-electron chi connectivity index (χ4n) is 7.27. The molecule has 1 saturated carbocycles. The summed E-state index contributed by atoms with van der Waals surface area (Å²) in [6.45, 7) is 3.56. The molecule has 0 bridgehead atoms. The molecule has 1 aliphatic carbocycles. The fraction of sp³-hybridized carbons (Fsp3) is 0.886. The number of phosphoric acid groups is 1. The molecule has 9 N–H and O–H groups in total. The van der Waals surface area contributed by atoms with E-state index in [-0.39, 0.29) is 12.8 Å². The maximum atomic E-state index is 12.8. The van der Waals surface area contributed by atoms with Gasteiger partial charge in [-0.25, -0.2) is 4.57 Å². The van der Waals surface area contributed by atoms with Crippen molar-refractivity contribution >= 4 is 13.7 Å². The number of allylic oxidation sites excluding steroid dienone is 4. The number of amides is 1. The van der Waals surface area contributed by atoms with Crippen molar-refractivity contribution in [2.45, 2.75) is 242 Å². The van der Waals surface area contributed by atoms with Crippen LogP contribution < -0.4 is 5.32 Å². The van der Waals surface area contributed by atoms with Crippen molar-refractivity contribution in [1.29, 1.82) is 0 Å². The first kappa shape index (κ1) is 54.8. The number of nitrogens with one attached hydrogen (secondary N) is 1. The molecule has 0 aromatic rings. The third kappa shape index (κ3) is 26.2. The van der Waals surface area contributed by atoms with E-state index in [0.29, 0.717) is 12.8 Å². The van der Waals surface area contributed by atoms with Crippen LogP contribution in [0.2, 0.25) is 0 Å². The van der Waals surface area contributed by atoms with E-state index in [9.17, 15) is 50.0 Å². The number of aliphatic hydroxyl groups excluding tert-OH is 7. The van der Waals surface area contributed by atoms with Crippen molar-refractivity contribution in [1.82, 2.24) is 5.32 Å². The lowest BCUT2D eigenvalue weighted by Crippen LogP contribution is -2.64. The van der Waals surface area contributed by atoms with Crippen LogP contribution in [-0.4, -0.2) is 108 Å².